The number of benzene rings is 1. The van der Waals surface area contributed by atoms with Gasteiger partial charge in [-0.15, -0.1) is 12.4 Å². The summed E-state index contributed by atoms with van der Waals surface area (Å²) in [4.78, 5) is 24.2. The first-order valence-electron chi connectivity index (χ1n) is 9.09. The Balaban J connectivity index is 0.00000280. The highest BCUT2D eigenvalue weighted by Gasteiger charge is 2.31. The van der Waals surface area contributed by atoms with Crippen molar-refractivity contribution in [3.63, 3.8) is 0 Å². The van der Waals surface area contributed by atoms with Crippen molar-refractivity contribution in [3.8, 4) is 0 Å². The summed E-state index contributed by atoms with van der Waals surface area (Å²) in [5.74, 6) is 1.21. The highest BCUT2D eigenvalue weighted by molar-refractivity contribution is 7.89. The smallest absolute Gasteiger partial charge is 0.269 e. The number of fused-ring (bicyclic) bond motifs is 1. The fourth-order valence-electron chi connectivity index (χ4n) is 3.75. The number of carbonyl (C=O) groups excluding carboxylic acids is 1. The second-order valence-corrected chi connectivity index (χ2v) is 8.80. The molecular weight excluding hydrogens is 408 g/mol. The number of amides is 1. The van der Waals surface area contributed by atoms with E-state index in [1.54, 1.807) is 0 Å². The number of nitrogens with zero attached hydrogens (tertiary/aromatic N) is 2. The molecule has 2 fully saturated rings. The van der Waals surface area contributed by atoms with Gasteiger partial charge >= 0.3 is 0 Å². The van der Waals surface area contributed by atoms with Gasteiger partial charge in [0.05, 0.1) is 9.82 Å². The number of likely N-dealkylation sites (tertiary alicyclic amines) is 1. The molecule has 2 aliphatic heterocycles. The van der Waals surface area contributed by atoms with Crippen LogP contribution in [0.2, 0.25) is 0 Å². The summed E-state index contributed by atoms with van der Waals surface area (Å²) >= 11 is 0. The van der Waals surface area contributed by atoms with Gasteiger partial charge in [0.25, 0.3) is 5.69 Å². The van der Waals surface area contributed by atoms with Crippen molar-refractivity contribution >= 4 is 34.0 Å². The number of carbonyl (C=O) groups is 1. The van der Waals surface area contributed by atoms with Crippen molar-refractivity contribution in [1.29, 1.82) is 0 Å². The number of nitro benzene ring substituents is 1. The Morgan fingerprint density at radius 3 is 2.29 bits per heavy atom. The zero-order valence-electron chi connectivity index (χ0n) is 15.4. The molecule has 2 atom stereocenters. The van der Waals surface area contributed by atoms with Crippen LogP contribution >= 0.6 is 12.4 Å². The average molecular weight is 433 g/mol. The quantitative estimate of drug-likeness (QED) is 0.513. The first-order valence-corrected chi connectivity index (χ1v) is 10.6. The van der Waals surface area contributed by atoms with E-state index in [0.717, 1.165) is 51.2 Å². The van der Waals surface area contributed by atoms with Gasteiger partial charge in [-0.3, -0.25) is 14.9 Å². The molecule has 0 aliphatic carbocycles. The summed E-state index contributed by atoms with van der Waals surface area (Å²) in [5.41, 5.74) is -0.176. The second-order valence-electron chi connectivity index (χ2n) is 7.04. The highest BCUT2D eigenvalue weighted by Crippen LogP contribution is 2.27. The van der Waals surface area contributed by atoms with Gasteiger partial charge in [-0.25, -0.2) is 13.1 Å². The maximum absolute atomic E-state index is 12.4. The zero-order chi connectivity index (χ0) is 19.4. The molecule has 1 aromatic carbocycles. The Labute approximate surface area is 170 Å². The predicted octanol–water partition coefficient (Wildman–Crippen LogP) is 1.14. The molecule has 0 unspecified atom stereocenters. The van der Waals surface area contributed by atoms with Gasteiger partial charge in [-0.1, -0.05) is 0 Å². The molecule has 2 aliphatic rings. The lowest BCUT2D eigenvalue weighted by molar-refractivity contribution is -0.384. The van der Waals surface area contributed by atoms with Crippen molar-refractivity contribution < 1.29 is 18.1 Å². The van der Waals surface area contributed by atoms with Gasteiger partial charge in [0, 0.05) is 38.2 Å². The topological polar surface area (TPSA) is 122 Å². The summed E-state index contributed by atoms with van der Waals surface area (Å²) < 4.78 is 26.9. The van der Waals surface area contributed by atoms with Gasteiger partial charge in [-0.2, -0.15) is 0 Å². The maximum atomic E-state index is 12.4. The summed E-state index contributed by atoms with van der Waals surface area (Å²) in [6, 6.07) is 4.65. The summed E-state index contributed by atoms with van der Waals surface area (Å²) in [6.45, 7) is 3.47. The highest BCUT2D eigenvalue weighted by atomic mass is 35.5. The number of rotatable bonds is 6. The van der Waals surface area contributed by atoms with Crippen LogP contribution in [0.4, 0.5) is 5.69 Å². The van der Waals surface area contributed by atoms with E-state index in [-0.39, 0.29) is 41.9 Å². The molecule has 11 heteroatoms. The minimum absolute atomic E-state index is 0. The van der Waals surface area contributed by atoms with Crippen molar-refractivity contribution in [3.05, 3.63) is 34.4 Å². The first-order chi connectivity index (χ1) is 12.9. The predicted molar refractivity (Wildman–Crippen MR) is 106 cm³/mol. The number of halogens is 1. The zero-order valence-corrected chi connectivity index (χ0v) is 17.0. The van der Waals surface area contributed by atoms with Crippen LogP contribution in [-0.2, 0) is 14.8 Å². The van der Waals surface area contributed by atoms with Crippen LogP contribution in [0.3, 0.4) is 0 Å². The van der Waals surface area contributed by atoms with Crippen molar-refractivity contribution in [2.45, 2.75) is 24.2 Å². The Hall–Kier alpha value is -1.75. The molecule has 3 rings (SSSR count). The number of non-ortho nitro benzene ring substituents is 1. The fourth-order valence-corrected chi connectivity index (χ4v) is 4.78. The Morgan fingerprint density at radius 2 is 1.75 bits per heavy atom. The van der Waals surface area contributed by atoms with Crippen molar-refractivity contribution in [1.82, 2.24) is 14.9 Å². The Bertz CT molecular complexity index is 788. The van der Waals surface area contributed by atoms with Crippen LogP contribution in [0.25, 0.3) is 0 Å². The minimum atomic E-state index is -3.80. The van der Waals surface area contributed by atoms with Crippen LogP contribution < -0.4 is 10.0 Å². The molecule has 9 nitrogen and oxygen atoms in total. The first kappa shape index (κ1) is 22.5. The lowest BCUT2D eigenvalue weighted by atomic mass is 9.92. The van der Waals surface area contributed by atoms with E-state index in [1.807, 2.05) is 4.90 Å². The summed E-state index contributed by atoms with van der Waals surface area (Å²) in [6.07, 6.45) is 2.07. The maximum Gasteiger partial charge on any atom is 0.269 e. The number of hydrogen-bond donors (Lipinski definition) is 2. The van der Waals surface area contributed by atoms with Crippen LogP contribution in [0.5, 0.6) is 0 Å². The lowest BCUT2D eigenvalue weighted by Crippen LogP contribution is -2.35. The SMILES string of the molecule is Cl.O=C(CCNS(=O)(=O)c1ccc([N+](=O)[O-])cc1)N1CC[C@@H]2CNC[C@@H]2CC1. The molecule has 1 aromatic rings. The second kappa shape index (κ2) is 9.64. The summed E-state index contributed by atoms with van der Waals surface area (Å²) in [5, 5.41) is 14.0. The number of sulfonamides is 1. The van der Waals surface area contributed by atoms with Gasteiger partial charge in [0.15, 0.2) is 0 Å². The monoisotopic (exact) mass is 432 g/mol. The Morgan fingerprint density at radius 1 is 1.18 bits per heavy atom. The Kier molecular flexibility index (Phi) is 7.76. The lowest BCUT2D eigenvalue weighted by Gasteiger charge is -2.21. The van der Waals surface area contributed by atoms with E-state index < -0.39 is 14.9 Å². The molecule has 28 heavy (non-hydrogen) atoms. The van der Waals surface area contributed by atoms with E-state index in [2.05, 4.69) is 10.0 Å². The van der Waals surface area contributed by atoms with Crippen LogP contribution in [0, 0.1) is 22.0 Å². The molecule has 1 amide bonds. The van der Waals surface area contributed by atoms with E-state index >= 15 is 0 Å². The van der Waals surface area contributed by atoms with Crippen LogP contribution in [-0.4, -0.2) is 56.9 Å². The number of nitrogens with one attached hydrogen (secondary N) is 2. The third-order valence-electron chi connectivity index (χ3n) is 5.36. The number of nitro groups is 1. The molecule has 2 saturated heterocycles. The summed E-state index contributed by atoms with van der Waals surface area (Å²) in [7, 11) is -3.80. The molecule has 156 valence electrons. The molecule has 0 aromatic heterocycles. The third-order valence-corrected chi connectivity index (χ3v) is 6.84. The molecule has 0 saturated carbocycles. The standard InChI is InChI=1S/C17H24N4O5S.ClH/c22-17(20-9-6-13-11-18-12-14(13)7-10-20)5-8-19-27(25,26)16-3-1-15(2-4-16)21(23)24;/h1-4,13-14,18-19H,5-12H2;1H/t13-,14+;. The van der Waals surface area contributed by atoms with E-state index in [1.165, 1.54) is 12.1 Å². The van der Waals surface area contributed by atoms with Crippen LogP contribution in [0.15, 0.2) is 29.2 Å². The molecule has 2 N–H and O–H groups in total. The normalized spacial score (nSPS) is 22.1. The molecular formula is C17H25ClN4O5S. The van der Waals surface area contributed by atoms with Gasteiger partial charge in [-0.05, 0) is 49.9 Å². The van der Waals surface area contributed by atoms with Gasteiger partial charge in [0.2, 0.25) is 15.9 Å². The van der Waals surface area contributed by atoms with Crippen LogP contribution in [0.1, 0.15) is 19.3 Å². The minimum Gasteiger partial charge on any atom is -0.343 e. The largest absolute Gasteiger partial charge is 0.343 e. The molecule has 0 bridgehead atoms. The van der Waals surface area contributed by atoms with Gasteiger partial charge in [0.1, 0.15) is 0 Å². The molecule has 0 spiro atoms. The fraction of sp³-hybridized carbons (Fsp3) is 0.588. The van der Waals surface area contributed by atoms with E-state index in [0.29, 0.717) is 11.8 Å². The van der Waals surface area contributed by atoms with Crippen molar-refractivity contribution in [2.24, 2.45) is 11.8 Å². The average Bonchev–Trinajstić information content (AvgIpc) is 2.99. The van der Waals surface area contributed by atoms with E-state index in [9.17, 15) is 23.3 Å². The van der Waals surface area contributed by atoms with E-state index in [4.69, 9.17) is 0 Å². The van der Waals surface area contributed by atoms with Gasteiger partial charge < -0.3 is 10.2 Å². The number of hydrogen-bond acceptors (Lipinski definition) is 6. The van der Waals surface area contributed by atoms with Crippen molar-refractivity contribution in [2.75, 3.05) is 32.7 Å². The third kappa shape index (κ3) is 5.40. The molecule has 0 radical (unpaired) electrons. The molecule has 2 heterocycles.